The van der Waals surface area contributed by atoms with Crippen LogP contribution in [-0.4, -0.2) is 16.2 Å². The number of halogens is 1. The van der Waals surface area contributed by atoms with Crippen molar-refractivity contribution < 1.29 is 4.74 Å². The lowest BCUT2D eigenvalue weighted by molar-refractivity contribution is 0.0259. The van der Waals surface area contributed by atoms with Gasteiger partial charge in [0.25, 0.3) is 0 Å². The van der Waals surface area contributed by atoms with Gasteiger partial charge in [-0.2, -0.15) is 0 Å². The van der Waals surface area contributed by atoms with Gasteiger partial charge in [-0.05, 0) is 30.2 Å². The summed E-state index contributed by atoms with van der Waals surface area (Å²) in [5.41, 5.74) is 4.35. The molecule has 2 aromatic carbocycles. The number of hydrogen-bond donors (Lipinski definition) is 0. The van der Waals surface area contributed by atoms with Crippen molar-refractivity contribution in [2.45, 2.75) is 31.2 Å². The number of ether oxygens (including phenoxy) is 1. The van der Waals surface area contributed by atoms with Gasteiger partial charge in [0.1, 0.15) is 0 Å². The minimum Gasteiger partial charge on any atom is -0.368 e. The van der Waals surface area contributed by atoms with E-state index >= 15 is 0 Å². The van der Waals surface area contributed by atoms with Crippen LogP contribution in [0, 0.1) is 6.92 Å². The number of benzene rings is 2. The van der Waals surface area contributed by atoms with Gasteiger partial charge in [0, 0.05) is 28.1 Å². The largest absolute Gasteiger partial charge is 0.368 e. The van der Waals surface area contributed by atoms with Crippen molar-refractivity contribution in [3.63, 3.8) is 0 Å². The van der Waals surface area contributed by atoms with Crippen LogP contribution in [0.5, 0.6) is 0 Å². The first-order chi connectivity index (χ1) is 11.7. The van der Waals surface area contributed by atoms with Crippen molar-refractivity contribution >= 4 is 34.1 Å². The first-order valence-electron chi connectivity index (χ1n) is 7.86. The zero-order valence-corrected chi connectivity index (χ0v) is 15.1. The third-order valence-electron chi connectivity index (χ3n) is 4.50. The molecule has 0 fully saturated rings. The smallest absolute Gasteiger partial charge is 0.187 e. The maximum atomic E-state index is 6.47. The molecule has 122 valence electrons. The first-order valence-corrected chi connectivity index (χ1v) is 9.46. The molecule has 0 radical (unpaired) electrons. The van der Waals surface area contributed by atoms with Crippen molar-refractivity contribution in [1.29, 1.82) is 0 Å². The standard InChI is InChI=1S/C19H17ClN2OS/c1-11-14-10-23-17(9-16(14)22-19(21-11)24-2)13-7-3-5-12-6-4-8-15(20)18(12)13/h3-8,17H,9-10H2,1-2H3/t17-/m0/s1. The average Bonchev–Trinajstić information content (AvgIpc) is 2.61. The molecular formula is C19H17ClN2OS. The van der Waals surface area contributed by atoms with Crippen LogP contribution in [0.4, 0.5) is 0 Å². The molecule has 1 atom stereocenters. The number of rotatable bonds is 2. The Morgan fingerprint density at radius 3 is 2.75 bits per heavy atom. The molecular weight excluding hydrogens is 340 g/mol. The molecule has 24 heavy (non-hydrogen) atoms. The Hall–Kier alpha value is -1.62. The van der Waals surface area contributed by atoms with Gasteiger partial charge in [-0.25, -0.2) is 9.97 Å². The van der Waals surface area contributed by atoms with Gasteiger partial charge in [-0.15, -0.1) is 0 Å². The maximum absolute atomic E-state index is 6.47. The number of aryl methyl sites for hydroxylation is 1. The molecule has 0 unspecified atom stereocenters. The molecule has 0 aliphatic carbocycles. The fourth-order valence-electron chi connectivity index (χ4n) is 3.29. The number of aromatic nitrogens is 2. The lowest BCUT2D eigenvalue weighted by Crippen LogP contribution is -2.19. The fraction of sp³-hybridized carbons (Fsp3) is 0.263. The molecule has 5 heteroatoms. The summed E-state index contributed by atoms with van der Waals surface area (Å²) in [6.07, 6.45) is 2.71. The highest BCUT2D eigenvalue weighted by atomic mass is 35.5. The van der Waals surface area contributed by atoms with Gasteiger partial charge in [-0.1, -0.05) is 53.7 Å². The lowest BCUT2D eigenvalue weighted by Gasteiger charge is -2.27. The van der Waals surface area contributed by atoms with Crippen LogP contribution in [-0.2, 0) is 17.8 Å². The Kier molecular flexibility index (Phi) is 4.21. The molecule has 3 nitrogen and oxygen atoms in total. The zero-order valence-electron chi connectivity index (χ0n) is 13.5. The van der Waals surface area contributed by atoms with E-state index in [1.807, 2.05) is 25.3 Å². The second-order valence-electron chi connectivity index (χ2n) is 5.91. The van der Waals surface area contributed by atoms with E-state index in [9.17, 15) is 0 Å². The lowest BCUT2D eigenvalue weighted by atomic mass is 9.94. The Labute approximate surface area is 150 Å². The molecule has 0 amide bonds. The number of thioether (sulfide) groups is 1. The first kappa shape index (κ1) is 15.9. The molecule has 0 N–H and O–H groups in total. The topological polar surface area (TPSA) is 35.0 Å². The molecule has 0 saturated carbocycles. The van der Waals surface area contributed by atoms with Crippen LogP contribution >= 0.6 is 23.4 Å². The number of hydrogen-bond acceptors (Lipinski definition) is 4. The molecule has 1 aromatic heterocycles. The van der Waals surface area contributed by atoms with E-state index in [0.29, 0.717) is 6.61 Å². The van der Waals surface area contributed by atoms with Gasteiger partial charge in [0.05, 0.1) is 18.4 Å². The summed E-state index contributed by atoms with van der Waals surface area (Å²) >= 11 is 8.04. The van der Waals surface area contributed by atoms with Crippen LogP contribution in [0.1, 0.15) is 28.6 Å². The maximum Gasteiger partial charge on any atom is 0.187 e. The normalized spacial score (nSPS) is 17.0. The van der Waals surface area contributed by atoms with Crippen molar-refractivity contribution in [3.05, 3.63) is 63.9 Å². The fourth-order valence-corrected chi connectivity index (χ4v) is 4.01. The van der Waals surface area contributed by atoms with E-state index < -0.39 is 0 Å². The van der Waals surface area contributed by atoms with E-state index in [4.69, 9.17) is 21.3 Å². The van der Waals surface area contributed by atoms with Crippen LogP contribution in [0.15, 0.2) is 41.6 Å². The van der Waals surface area contributed by atoms with Crippen LogP contribution in [0.2, 0.25) is 5.02 Å². The van der Waals surface area contributed by atoms with Gasteiger partial charge >= 0.3 is 0 Å². The second-order valence-corrected chi connectivity index (χ2v) is 7.09. The minimum atomic E-state index is -0.0369. The molecule has 0 bridgehead atoms. The molecule has 0 spiro atoms. The van der Waals surface area contributed by atoms with E-state index in [0.717, 1.165) is 49.9 Å². The van der Waals surface area contributed by atoms with E-state index in [2.05, 4.69) is 29.2 Å². The predicted molar refractivity (Wildman–Crippen MR) is 98.7 cm³/mol. The van der Waals surface area contributed by atoms with Crippen molar-refractivity contribution in [3.8, 4) is 0 Å². The molecule has 3 aromatic rings. The SMILES string of the molecule is CSc1nc(C)c2c(n1)C[C@@H](c1cccc3cccc(Cl)c13)OC2. The van der Waals surface area contributed by atoms with Crippen molar-refractivity contribution in [2.24, 2.45) is 0 Å². The minimum absolute atomic E-state index is 0.0369. The molecule has 0 saturated heterocycles. The monoisotopic (exact) mass is 356 g/mol. The highest BCUT2D eigenvalue weighted by Gasteiger charge is 2.26. The van der Waals surface area contributed by atoms with Crippen LogP contribution in [0.3, 0.4) is 0 Å². The molecule has 1 aliphatic rings. The molecule has 1 aliphatic heterocycles. The zero-order chi connectivity index (χ0) is 16.7. The summed E-state index contributed by atoms with van der Waals surface area (Å²) < 4.78 is 6.16. The van der Waals surface area contributed by atoms with Gasteiger partial charge < -0.3 is 4.74 Å². The molecule has 2 heterocycles. The van der Waals surface area contributed by atoms with Crippen molar-refractivity contribution in [1.82, 2.24) is 9.97 Å². The van der Waals surface area contributed by atoms with Crippen LogP contribution < -0.4 is 0 Å². The van der Waals surface area contributed by atoms with E-state index in [1.54, 1.807) is 11.8 Å². The Bertz CT molecular complexity index is 923. The number of nitrogens with zero attached hydrogens (tertiary/aromatic N) is 2. The Morgan fingerprint density at radius 1 is 1.17 bits per heavy atom. The second kappa shape index (κ2) is 6.36. The third-order valence-corrected chi connectivity index (χ3v) is 5.36. The van der Waals surface area contributed by atoms with Gasteiger partial charge in [0.2, 0.25) is 0 Å². The quantitative estimate of drug-likeness (QED) is 0.471. The summed E-state index contributed by atoms with van der Waals surface area (Å²) in [7, 11) is 0. The van der Waals surface area contributed by atoms with E-state index in [-0.39, 0.29) is 6.10 Å². The third kappa shape index (κ3) is 2.69. The highest BCUT2D eigenvalue weighted by Crippen LogP contribution is 2.37. The average molecular weight is 357 g/mol. The summed E-state index contributed by atoms with van der Waals surface area (Å²) in [5.74, 6) is 0. The van der Waals surface area contributed by atoms with Crippen LogP contribution in [0.25, 0.3) is 10.8 Å². The number of fused-ring (bicyclic) bond motifs is 2. The Balaban J connectivity index is 1.79. The summed E-state index contributed by atoms with van der Waals surface area (Å²) in [5, 5.41) is 3.80. The summed E-state index contributed by atoms with van der Waals surface area (Å²) in [4.78, 5) is 9.23. The molecule has 4 rings (SSSR count). The summed E-state index contributed by atoms with van der Waals surface area (Å²) in [6.45, 7) is 2.57. The highest BCUT2D eigenvalue weighted by molar-refractivity contribution is 7.98. The summed E-state index contributed by atoms with van der Waals surface area (Å²) in [6, 6.07) is 12.2. The van der Waals surface area contributed by atoms with Gasteiger partial charge in [-0.3, -0.25) is 0 Å². The van der Waals surface area contributed by atoms with E-state index in [1.165, 1.54) is 0 Å². The van der Waals surface area contributed by atoms with Crippen molar-refractivity contribution in [2.75, 3.05) is 6.26 Å². The Morgan fingerprint density at radius 2 is 1.96 bits per heavy atom. The van der Waals surface area contributed by atoms with Gasteiger partial charge in [0.15, 0.2) is 5.16 Å². The predicted octanol–water partition coefficient (Wildman–Crippen LogP) is 5.13.